The van der Waals surface area contributed by atoms with E-state index >= 15 is 0 Å². The van der Waals surface area contributed by atoms with Gasteiger partial charge >= 0.3 is 5.97 Å². The van der Waals surface area contributed by atoms with E-state index in [2.05, 4.69) is 4.98 Å². The normalized spacial score (nSPS) is 9.94. The molecule has 3 nitrogen and oxygen atoms in total. The number of ether oxygens (including phenoxy) is 1. The number of aromatic nitrogens is 1. The van der Waals surface area contributed by atoms with Crippen LogP contribution in [0, 0.1) is 0 Å². The Kier molecular flexibility index (Phi) is 3.73. The van der Waals surface area contributed by atoms with Crippen molar-refractivity contribution in [3.63, 3.8) is 0 Å². The van der Waals surface area contributed by atoms with Gasteiger partial charge in [-0.3, -0.25) is 9.78 Å². The van der Waals surface area contributed by atoms with Crippen molar-refractivity contribution >= 4 is 17.6 Å². The maximum Gasteiger partial charge on any atom is 0.315 e. The minimum absolute atomic E-state index is 0.180. The molecule has 0 aliphatic carbocycles. The third-order valence-corrected chi connectivity index (χ3v) is 2.44. The Hall–Kier alpha value is -1.87. The highest BCUT2D eigenvalue weighted by molar-refractivity contribution is 6.32. The molecule has 0 atom stereocenters. The summed E-state index contributed by atoms with van der Waals surface area (Å²) >= 11 is 5.88. The largest absolute Gasteiger partial charge is 0.425 e. The van der Waals surface area contributed by atoms with Crippen LogP contribution in [0.15, 0.2) is 48.8 Å². The number of rotatable bonds is 3. The smallest absolute Gasteiger partial charge is 0.315 e. The van der Waals surface area contributed by atoms with E-state index in [1.807, 2.05) is 6.07 Å². The van der Waals surface area contributed by atoms with E-state index in [1.165, 1.54) is 0 Å². The average molecular weight is 248 g/mol. The van der Waals surface area contributed by atoms with Gasteiger partial charge in [0.05, 0.1) is 11.4 Å². The molecule has 0 saturated heterocycles. The molecule has 2 rings (SSSR count). The number of carbonyl (C=O) groups excluding carboxylic acids is 1. The fraction of sp³-hybridized carbons (Fsp3) is 0.0769. The molecule has 2 aromatic rings. The Bertz CT molecular complexity index is 514. The number of para-hydroxylation sites is 1. The Morgan fingerprint density at radius 2 is 2.06 bits per heavy atom. The summed E-state index contributed by atoms with van der Waals surface area (Å²) in [6, 6.07) is 10.5. The summed E-state index contributed by atoms with van der Waals surface area (Å²) in [4.78, 5) is 15.6. The summed E-state index contributed by atoms with van der Waals surface area (Å²) in [5, 5.41) is 0.423. The number of halogens is 1. The Balaban J connectivity index is 2.01. The van der Waals surface area contributed by atoms with Gasteiger partial charge in [0, 0.05) is 12.4 Å². The zero-order valence-electron chi connectivity index (χ0n) is 8.97. The number of carbonyl (C=O) groups is 1. The first-order valence-corrected chi connectivity index (χ1v) is 5.47. The average Bonchev–Trinajstić information content (AvgIpc) is 2.33. The van der Waals surface area contributed by atoms with Crippen molar-refractivity contribution < 1.29 is 9.53 Å². The summed E-state index contributed by atoms with van der Waals surface area (Å²) < 4.78 is 5.15. The van der Waals surface area contributed by atoms with Gasteiger partial charge in [-0.15, -0.1) is 0 Å². The van der Waals surface area contributed by atoms with Gasteiger partial charge in [-0.2, -0.15) is 0 Å². The predicted octanol–water partition coefficient (Wildman–Crippen LogP) is 2.88. The number of hydrogen-bond donors (Lipinski definition) is 0. The zero-order chi connectivity index (χ0) is 12.1. The van der Waals surface area contributed by atoms with Gasteiger partial charge in [-0.25, -0.2) is 0 Å². The number of benzene rings is 1. The van der Waals surface area contributed by atoms with E-state index in [4.69, 9.17) is 16.3 Å². The minimum atomic E-state index is -0.355. The van der Waals surface area contributed by atoms with Crippen LogP contribution in [0.5, 0.6) is 5.75 Å². The zero-order valence-corrected chi connectivity index (χ0v) is 9.72. The maximum atomic E-state index is 11.6. The van der Waals surface area contributed by atoms with Crippen molar-refractivity contribution in [2.24, 2.45) is 0 Å². The molecule has 1 aromatic heterocycles. The summed E-state index contributed by atoms with van der Waals surface area (Å²) in [6.45, 7) is 0. The summed E-state index contributed by atoms with van der Waals surface area (Å²) in [6.07, 6.45) is 3.47. The SMILES string of the molecule is O=C(Cc1cccnc1)Oc1ccccc1Cl. The third-order valence-electron chi connectivity index (χ3n) is 2.13. The monoisotopic (exact) mass is 247 g/mol. The van der Waals surface area contributed by atoms with Gasteiger partial charge in [0.25, 0.3) is 0 Å². The summed E-state index contributed by atoms with van der Waals surface area (Å²) in [5.74, 6) is 0.0224. The second kappa shape index (κ2) is 5.46. The molecule has 0 N–H and O–H groups in total. The molecule has 0 aliphatic rings. The van der Waals surface area contributed by atoms with Crippen LogP contribution in [-0.4, -0.2) is 11.0 Å². The van der Waals surface area contributed by atoms with E-state index in [-0.39, 0.29) is 12.4 Å². The Morgan fingerprint density at radius 3 is 2.76 bits per heavy atom. The lowest BCUT2D eigenvalue weighted by molar-refractivity contribution is -0.133. The first kappa shape index (κ1) is 11.6. The first-order valence-electron chi connectivity index (χ1n) is 5.10. The molecule has 0 spiro atoms. The predicted molar refractivity (Wildman–Crippen MR) is 65.0 cm³/mol. The molecule has 1 heterocycles. The molecule has 0 amide bonds. The number of nitrogens with zero attached hydrogens (tertiary/aromatic N) is 1. The van der Waals surface area contributed by atoms with Gasteiger partial charge < -0.3 is 4.74 Å². The van der Waals surface area contributed by atoms with Crippen molar-refractivity contribution in [1.82, 2.24) is 4.98 Å². The van der Waals surface area contributed by atoms with Crippen LogP contribution >= 0.6 is 11.6 Å². The highest BCUT2D eigenvalue weighted by Gasteiger charge is 2.08. The number of hydrogen-bond acceptors (Lipinski definition) is 3. The van der Waals surface area contributed by atoms with Crippen molar-refractivity contribution in [2.45, 2.75) is 6.42 Å². The Labute approximate surface area is 104 Å². The van der Waals surface area contributed by atoms with E-state index in [0.29, 0.717) is 10.8 Å². The standard InChI is InChI=1S/C13H10ClNO2/c14-11-5-1-2-6-12(11)17-13(16)8-10-4-3-7-15-9-10/h1-7,9H,8H2. The second-order valence-corrected chi connectivity index (χ2v) is 3.85. The molecular formula is C13H10ClNO2. The highest BCUT2D eigenvalue weighted by Crippen LogP contribution is 2.23. The van der Waals surface area contributed by atoms with Crippen LogP contribution in [0.2, 0.25) is 5.02 Å². The van der Waals surface area contributed by atoms with Gasteiger partial charge in [0.2, 0.25) is 0 Å². The molecule has 0 aliphatic heterocycles. The van der Waals surface area contributed by atoms with E-state index in [0.717, 1.165) is 5.56 Å². The van der Waals surface area contributed by atoms with Crippen molar-refractivity contribution in [2.75, 3.05) is 0 Å². The van der Waals surface area contributed by atoms with E-state index in [9.17, 15) is 4.79 Å². The molecular weight excluding hydrogens is 238 g/mol. The van der Waals surface area contributed by atoms with Crippen molar-refractivity contribution in [3.05, 3.63) is 59.4 Å². The third kappa shape index (κ3) is 3.29. The van der Waals surface area contributed by atoms with Crippen LogP contribution < -0.4 is 4.74 Å². The molecule has 86 valence electrons. The highest BCUT2D eigenvalue weighted by atomic mass is 35.5. The Morgan fingerprint density at radius 1 is 1.24 bits per heavy atom. The molecule has 17 heavy (non-hydrogen) atoms. The molecule has 0 fully saturated rings. The molecule has 0 saturated carbocycles. The quantitative estimate of drug-likeness (QED) is 0.618. The lowest BCUT2D eigenvalue weighted by Crippen LogP contribution is -2.11. The molecule has 0 bridgehead atoms. The first-order chi connectivity index (χ1) is 8.25. The van der Waals surface area contributed by atoms with Crippen LogP contribution in [0.1, 0.15) is 5.56 Å². The second-order valence-electron chi connectivity index (χ2n) is 3.44. The van der Waals surface area contributed by atoms with Gasteiger partial charge in [-0.05, 0) is 23.8 Å². The van der Waals surface area contributed by atoms with Gasteiger partial charge in [0.1, 0.15) is 5.75 Å². The van der Waals surface area contributed by atoms with Gasteiger partial charge in [-0.1, -0.05) is 29.8 Å². The van der Waals surface area contributed by atoms with Crippen LogP contribution in [0.25, 0.3) is 0 Å². The topological polar surface area (TPSA) is 39.2 Å². The van der Waals surface area contributed by atoms with E-state index in [1.54, 1.807) is 42.7 Å². The molecule has 1 aromatic carbocycles. The summed E-state index contributed by atoms with van der Waals surface area (Å²) in [7, 11) is 0. The van der Waals surface area contributed by atoms with Crippen molar-refractivity contribution in [3.8, 4) is 5.75 Å². The minimum Gasteiger partial charge on any atom is -0.425 e. The fourth-order valence-corrected chi connectivity index (χ4v) is 1.53. The number of pyridine rings is 1. The fourth-order valence-electron chi connectivity index (χ4n) is 1.36. The van der Waals surface area contributed by atoms with E-state index < -0.39 is 0 Å². The van der Waals surface area contributed by atoms with Crippen LogP contribution in [0.3, 0.4) is 0 Å². The lowest BCUT2D eigenvalue weighted by Gasteiger charge is -2.05. The van der Waals surface area contributed by atoms with Crippen LogP contribution in [0.4, 0.5) is 0 Å². The lowest BCUT2D eigenvalue weighted by atomic mass is 10.2. The number of esters is 1. The molecule has 0 radical (unpaired) electrons. The summed E-state index contributed by atoms with van der Waals surface area (Å²) in [5.41, 5.74) is 0.810. The van der Waals surface area contributed by atoms with Crippen molar-refractivity contribution in [1.29, 1.82) is 0 Å². The maximum absolute atomic E-state index is 11.6. The van der Waals surface area contributed by atoms with Gasteiger partial charge in [0.15, 0.2) is 0 Å². The van der Waals surface area contributed by atoms with Crippen LogP contribution in [-0.2, 0) is 11.2 Å². The molecule has 4 heteroatoms. The molecule has 0 unspecified atom stereocenters.